The van der Waals surface area contributed by atoms with Crippen molar-refractivity contribution < 1.29 is 9.50 Å². The maximum atomic E-state index is 13.2. The summed E-state index contributed by atoms with van der Waals surface area (Å²) in [6.07, 6.45) is 2.70. The lowest BCUT2D eigenvalue weighted by Gasteiger charge is -2.25. The molecule has 0 bridgehead atoms. The number of rotatable bonds is 4. The van der Waals surface area contributed by atoms with Crippen LogP contribution in [-0.2, 0) is 6.54 Å². The molecule has 1 saturated heterocycles. The van der Waals surface area contributed by atoms with Crippen LogP contribution in [0.3, 0.4) is 0 Å². The largest absolute Gasteiger partial charge is 0.393 e. The van der Waals surface area contributed by atoms with Gasteiger partial charge < -0.3 is 5.11 Å². The van der Waals surface area contributed by atoms with Gasteiger partial charge in [0.1, 0.15) is 5.82 Å². The molecule has 2 atom stereocenters. The van der Waals surface area contributed by atoms with Crippen LogP contribution in [0.25, 0.3) is 0 Å². The highest BCUT2D eigenvalue weighted by Gasteiger charge is 2.26. The van der Waals surface area contributed by atoms with Gasteiger partial charge in [0.15, 0.2) is 0 Å². The third-order valence-corrected chi connectivity index (χ3v) is 3.86. The maximum absolute atomic E-state index is 13.2. The van der Waals surface area contributed by atoms with E-state index in [1.807, 2.05) is 6.92 Å². The summed E-state index contributed by atoms with van der Waals surface area (Å²) >= 11 is 6.09. The van der Waals surface area contributed by atoms with Crippen LogP contribution in [0.5, 0.6) is 0 Å². The highest BCUT2D eigenvalue weighted by atomic mass is 35.5. The van der Waals surface area contributed by atoms with Gasteiger partial charge >= 0.3 is 0 Å². The van der Waals surface area contributed by atoms with Gasteiger partial charge in [-0.05, 0) is 56.5 Å². The SMILES string of the molecule is CC(O)CC1CCCN1Cc1cc(F)ccc1Cl. The van der Waals surface area contributed by atoms with E-state index in [9.17, 15) is 9.50 Å². The summed E-state index contributed by atoms with van der Waals surface area (Å²) in [5, 5.41) is 10.1. The van der Waals surface area contributed by atoms with E-state index >= 15 is 0 Å². The minimum atomic E-state index is -0.293. The minimum absolute atomic E-state index is 0.249. The molecular weight excluding hydrogens is 253 g/mol. The van der Waals surface area contributed by atoms with E-state index in [-0.39, 0.29) is 11.9 Å². The van der Waals surface area contributed by atoms with Crippen molar-refractivity contribution in [2.24, 2.45) is 0 Å². The normalized spacial score (nSPS) is 22.3. The Morgan fingerprint density at radius 2 is 2.33 bits per heavy atom. The summed E-state index contributed by atoms with van der Waals surface area (Å²) in [5.74, 6) is -0.249. The Morgan fingerprint density at radius 3 is 3.06 bits per heavy atom. The average Bonchev–Trinajstić information content (AvgIpc) is 2.70. The van der Waals surface area contributed by atoms with Crippen molar-refractivity contribution in [1.29, 1.82) is 0 Å². The van der Waals surface area contributed by atoms with Crippen molar-refractivity contribution in [1.82, 2.24) is 4.90 Å². The van der Waals surface area contributed by atoms with Crippen molar-refractivity contribution in [2.45, 2.75) is 44.9 Å². The van der Waals surface area contributed by atoms with Crippen molar-refractivity contribution in [3.05, 3.63) is 34.6 Å². The molecule has 0 radical (unpaired) electrons. The minimum Gasteiger partial charge on any atom is -0.393 e. The van der Waals surface area contributed by atoms with E-state index in [1.165, 1.54) is 12.1 Å². The number of benzene rings is 1. The fraction of sp³-hybridized carbons (Fsp3) is 0.571. The summed E-state index contributed by atoms with van der Waals surface area (Å²) in [7, 11) is 0. The molecule has 0 aliphatic carbocycles. The number of aliphatic hydroxyl groups is 1. The standard InChI is InChI=1S/C14H19ClFNO/c1-10(18)7-13-3-2-6-17(13)9-11-8-12(16)4-5-14(11)15/h4-5,8,10,13,18H,2-3,6-7,9H2,1H3. The molecule has 1 fully saturated rings. The molecule has 18 heavy (non-hydrogen) atoms. The van der Waals surface area contributed by atoms with Crippen molar-refractivity contribution in [3.63, 3.8) is 0 Å². The van der Waals surface area contributed by atoms with E-state index in [1.54, 1.807) is 6.07 Å². The Bertz CT molecular complexity index is 411. The van der Waals surface area contributed by atoms with Crippen LogP contribution in [0.15, 0.2) is 18.2 Å². The lowest BCUT2D eigenvalue weighted by Crippen LogP contribution is -2.31. The summed E-state index contributed by atoms with van der Waals surface area (Å²) < 4.78 is 13.2. The average molecular weight is 272 g/mol. The number of likely N-dealkylation sites (tertiary alicyclic amines) is 1. The van der Waals surface area contributed by atoms with Crippen LogP contribution in [0, 0.1) is 5.82 Å². The summed E-state index contributed by atoms with van der Waals surface area (Å²) in [6.45, 7) is 3.46. The van der Waals surface area contributed by atoms with Gasteiger partial charge in [0, 0.05) is 17.6 Å². The second-order valence-corrected chi connectivity index (χ2v) is 5.49. The van der Waals surface area contributed by atoms with Crippen LogP contribution >= 0.6 is 11.6 Å². The van der Waals surface area contributed by atoms with E-state index in [0.29, 0.717) is 17.6 Å². The second-order valence-electron chi connectivity index (χ2n) is 5.09. The van der Waals surface area contributed by atoms with Crippen LogP contribution in [-0.4, -0.2) is 28.7 Å². The first kappa shape index (κ1) is 13.8. The fourth-order valence-electron chi connectivity index (χ4n) is 2.65. The molecule has 0 spiro atoms. The topological polar surface area (TPSA) is 23.5 Å². The molecule has 1 heterocycles. The number of hydrogen-bond acceptors (Lipinski definition) is 2. The van der Waals surface area contributed by atoms with Gasteiger partial charge in [-0.3, -0.25) is 4.90 Å². The van der Waals surface area contributed by atoms with E-state index in [2.05, 4.69) is 4.90 Å². The Labute approximate surface area is 112 Å². The van der Waals surface area contributed by atoms with Gasteiger partial charge in [-0.2, -0.15) is 0 Å². The molecule has 1 N–H and O–H groups in total. The van der Waals surface area contributed by atoms with Crippen molar-refractivity contribution in [3.8, 4) is 0 Å². The molecule has 4 heteroatoms. The molecule has 1 aromatic rings. The molecule has 0 saturated carbocycles. The smallest absolute Gasteiger partial charge is 0.123 e. The van der Waals surface area contributed by atoms with Gasteiger partial charge in [0.2, 0.25) is 0 Å². The van der Waals surface area contributed by atoms with E-state index in [0.717, 1.165) is 31.4 Å². The highest BCUT2D eigenvalue weighted by Crippen LogP contribution is 2.26. The first-order valence-electron chi connectivity index (χ1n) is 6.42. The number of hydrogen-bond donors (Lipinski definition) is 1. The van der Waals surface area contributed by atoms with Gasteiger partial charge in [-0.1, -0.05) is 11.6 Å². The first-order chi connectivity index (χ1) is 8.56. The Morgan fingerprint density at radius 1 is 1.56 bits per heavy atom. The molecular formula is C14H19ClFNO. The Balaban J connectivity index is 2.05. The molecule has 100 valence electrons. The zero-order chi connectivity index (χ0) is 13.1. The van der Waals surface area contributed by atoms with Gasteiger partial charge in [-0.15, -0.1) is 0 Å². The van der Waals surface area contributed by atoms with Gasteiger partial charge in [0.25, 0.3) is 0 Å². The summed E-state index contributed by atoms with van der Waals surface area (Å²) in [4.78, 5) is 2.29. The van der Waals surface area contributed by atoms with Gasteiger partial charge in [0.05, 0.1) is 6.10 Å². The van der Waals surface area contributed by atoms with Crippen molar-refractivity contribution in [2.75, 3.05) is 6.54 Å². The number of nitrogens with zero attached hydrogens (tertiary/aromatic N) is 1. The molecule has 0 amide bonds. The summed E-state index contributed by atoms with van der Waals surface area (Å²) in [5.41, 5.74) is 0.828. The third-order valence-electron chi connectivity index (χ3n) is 3.49. The molecule has 1 aromatic carbocycles. The third kappa shape index (κ3) is 3.44. The lowest BCUT2D eigenvalue weighted by atomic mass is 10.1. The first-order valence-corrected chi connectivity index (χ1v) is 6.80. The van der Waals surface area contributed by atoms with E-state index in [4.69, 9.17) is 11.6 Å². The second kappa shape index (κ2) is 6.00. The zero-order valence-electron chi connectivity index (χ0n) is 10.6. The van der Waals surface area contributed by atoms with Crippen LogP contribution in [0.1, 0.15) is 31.7 Å². The molecule has 1 aliphatic heterocycles. The number of halogens is 2. The molecule has 2 rings (SSSR count). The maximum Gasteiger partial charge on any atom is 0.123 e. The lowest BCUT2D eigenvalue weighted by molar-refractivity contribution is 0.130. The monoisotopic (exact) mass is 271 g/mol. The molecule has 1 aliphatic rings. The highest BCUT2D eigenvalue weighted by molar-refractivity contribution is 6.31. The van der Waals surface area contributed by atoms with Crippen LogP contribution < -0.4 is 0 Å². The van der Waals surface area contributed by atoms with Crippen molar-refractivity contribution >= 4 is 11.6 Å². The quantitative estimate of drug-likeness (QED) is 0.909. The molecule has 2 unspecified atom stereocenters. The zero-order valence-corrected chi connectivity index (χ0v) is 11.3. The fourth-order valence-corrected chi connectivity index (χ4v) is 2.82. The van der Waals surface area contributed by atoms with Crippen LogP contribution in [0.4, 0.5) is 4.39 Å². The molecule has 2 nitrogen and oxygen atoms in total. The predicted octanol–water partition coefficient (Wildman–Crippen LogP) is 3.21. The van der Waals surface area contributed by atoms with Gasteiger partial charge in [-0.25, -0.2) is 4.39 Å². The Hall–Kier alpha value is -0.640. The van der Waals surface area contributed by atoms with Crippen LogP contribution in [0.2, 0.25) is 5.02 Å². The van der Waals surface area contributed by atoms with E-state index < -0.39 is 0 Å². The Kier molecular flexibility index (Phi) is 4.60. The summed E-state index contributed by atoms with van der Waals surface area (Å²) in [6, 6.07) is 4.86. The predicted molar refractivity (Wildman–Crippen MR) is 71.1 cm³/mol. The molecule has 0 aromatic heterocycles. The number of aliphatic hydroxyl groups excluding tert-OH is 1.